The molecule has 4 rings (SSSR count). The molecule has 1 aliphatic carbocycles. The van der Waals surface area contributed by atoms with E-state index in [-0.39, 0.29) is 40.9 Å². The minimum atomic E-state index is -0.879. The van der Waals surface area contributed by atoms with E-state index < -0.39 is 29.3 Å². The van der Waals surface area contributed by atoms with Crippen LogP contribution in [0.25, 0.3) is 11.1 Å². The predicted octanol–water partition coefficient (Wildman–Crippen LogP) is 5.66. The molecule has 0 saturated heterocycles. The first kappa shape index (κ1) is 19.8. The van der Waals surface area contributed by atoms with E-state index in [0.29, 0.717) is 6.42 Å². The first-order chi connectivity index (χ1) is 14.4. The Morgan fingerprint density at radius 2 is 1.77 bits per heavy atom. The van der Waals surface area contributed by atoms with Crippen molar-refractivity contribution in [2.24, 2.45) is 11.8 Å². The van der Waals surface area contributed by atoms with Gasteiger partial charge in [0.05, 0.1) is 12.5 Å². The zero-order valence-electron chi connectivity index (χ0n) is 15.6. The summed E-state index contributed by atoms with van der Waals surface area (Å²) < 4.78 is 53.1. The molecule has 0 spiro atoms. The summed E-state index contributed by atoms with van der Waals surface area (Å²) in [5.41, 5.74) is 0.388. The van der Waals surface area contributed by atoms with Gasteiger partial charge < -0.3 is 14.6 Å². The number of carboxylic acids is 1. The summed E-state index contributed by atoms with van der Waals surface area (Å²) in [6, 6.07) is 13.5. The van der Waals surface area contributed by atoms with Crippen molar-refractivity contribution in [1.82, 2.24) is 0 Å². The highest BCUT2D eigenvalue weighted by atomic mass is 19.1. The lowest BCUT2D eigenvalue weighted by Gasteiger charge is -2.11. The molecule has 4 nitrogen and oxygen atoms in total. The number of hydrogen-bond acceptors (Lipinski definition) is 3. The number of rotatable bonds is 7. The number of halogens is 3. The number of carboxylic acid groups (broad SMARTS) is 1. The van der Waals surface area contributed by atoms with Gasteiger partial charge in [0.1, 0.15) is 23.1 Å². The Morgan fingerprint density at radius 1 is 0.967 bits per heavy atom. The maximum Gasteiger partial charge on any atom is 0.306 e. The fourth-order valence-corrected chi connectivity index (χ4v) is 3.17. The fraction of sp³-hybridized carbons (Fsp3) is 0.174. The molecule has 2 atom stereocenters. The Labute approximate surface area is 170 Å². The van der Waals surface area contributed by atoms with Gasteiger partial charge in [-0.1, -0.05) is 12.1 Å². The van der Waals surface area contributed by atoms with Crippen LogP contribution in [0.15, 0.2) is 60.7 Å². The van der Waals surface area contributed by atoms with Crippen molar-refractivity contribution in [2.75, 3.05) is 6.61 Å². The Bertz CT molecular complexity index is 1100. The van der Waals surface area contributed by atoms with Crippen LogP contribution in [0.3, 0.4) is 0 Å². The monoisotopic (exact) mass is 414 g/mol. The molecule has 0 aromatic heterocycles. The van der Waals surface area contributed by atoms with Gasteiger partial charge in [0.15, 0.2) is 11.6 Å². The van der Waals surface area contributed by atoms with Crippen molar-refractivity contribution in [3.8, 4) is 28.4 Å². The second-order valence-corrected chi connectivity index (χ2v) is 7.10. The van der Waals surface area contributed by atoms with Gasteiger partial charge in [0.25, 0.3) is 0 Å². The largest absolute Gasteiger partial charge is 0.490 e. The van der Waals surface area contributed by atoms with Crippen molar-refractivity contribution in [3.63, 3.8) is 0 Å². The summed E-state index contributed by atoms with van der Waals surface area (Å²) >= 11 is 0. The summed E-state index contributed by atoms with van der Waals surface area (Å²) in [6.45, 7) is 0.110. The zero-order valence-corrected chi connectivity index (χ0v) is 15.6. The van der Waals surface area contributed by atoms with Gasteiger partial charge in [-0.15, -0.1) is 0 Å². The van der Waals surface area contributed by atoms with E-state index in [4.69, 9.17) is 14.6 Å². The van der Waals surface area contributed by atoms with Crippen molar-refractivity contribution >= 4 is 5.97 Å². The highest BCUT2D eigenvalue weighted by molar-refractivity contribution is 5.73. The molecule has 1 saturated carbocycles. The van der Waals surface area contributed by atoms with E-state index in [1.165, 1.54) is 48.5 Å². The van der Waals surface area contributed by atoms with E-state index >= 15 is 0 Å². The summed E-state index contributed by atoms with van der Waals surface area (Å²) in [5.74, 6) is -2.68. The third-order valence-corrected chi connectivity index (χ3v) is 4.91. The second-order valence-electron chi connectivity index (χ2n) is 7.10. The summed E-state index contributed by atoms with van der Waals surface area (Å²) in [4.78, 5) is 10.8. The number of hydrogen-bond donors (Lipinski definition) is 1. The molecule has 7 heteroatoms. The second kappa shape index (κ2) is 8.10. The van der Waals surface area contributed by atoms with Gasteiger partial charge in [-0.2, -0.15) is 0 Å². The van der Waals surface area contributed by atoms with Crippen LogP contribution in [-0.4, -0.2) is 17.7 Å². The minimum Gasteiger partial charge on any atom is -0.490 e. The zero-order chi connectivity index (χ0) is 21.3. The molecule has 3 aromatic rings. The van der Waals surface area contributed by atoms with Crippen LogP contribution >= 0.6 is 0 Å². The van der Waals surface area contributed by atoms with Gasteiger partial charge >= 0.3 is 5.97 Å². The molecule has 0 aliphatic heterocycles. The van der Waals surface area contributed by atoms with Crippen LogP contribution in [-0.2, 0) is 4.79 Å². The van der Waals surface area contributed by atoms with E-state index in [2.05, 4.69) is 0 Å². The lowest BCUT2D eigenvalue weighted by Crippen LogP contribution is -2.07. The normalized spacial score (nSPS) is 17.4. The van der Waals surface area contributed by atoms with Crippen molar-refractivity contribution in [3.05, 3.63) is 78.1 Å². The van der Waals surface area contributed by atoms with Gasteiger partial charge in [-0.25, -0.2) is 13.2 Å². The molecule has 0 amide bonds. The van der Waals surface area contributed by atoms with Crippen LogP contribution in [0.1, 0.15) is 6.42 Å². The van der Waals surface area contributed by atoms with Crippen LogP contribution in [0.5, 0.6) is 17.2 Å². The fourth-order valence-electron chi connectivity index (χ4n) is 3.17. The Kier molecular flexibility index (Phi) is 5.35. The van der Waals surface area contributed by atoms with Crippen molar-refractivity contribution in [2.45, 2.75) is 6.42 Å². The number of aliphatic carboxylic acids is 1. The number of benzene rings is 3. The number of ether oxygens (including phenoxy) is 2. The van der Waals surface area contributed by atoms with E-state index in [0.717, 1.165) is 6.07 Å². The van der Waals surface area contributed by atoms with Gasteiger partial charge in [-0.3, -0.25) is 4.79 Å². The van der Waals surface area contributed by atoms with E-state index in [1.54, 1.807) is 6.07 Å². The van der Waals surface area contributed by atoms with Crippen molar-refractivity contribution in [1.29, 1.82) is 0 Å². The van der Waals surface area contributed by atoms with Crippen LogP contribution in [0, 0.1) is 29.3 Å². The summed E-state index contributed by atoms with van der Waals surface area (Å²) in [5, 5.41) is 8.90. The predicted molar refractivity (Wildman–Crippen MR) is 103 cm³/mol. The van der Waals surface area contributed by atoms with Gasteiger partial charge in [0.2, 0.25) is 0 Å². The molecule has 1 N–H and O–H groups in total. The summed E-state index contributed by atoms with van der Waals surface area (Å²) in [6.07, 6.45) is 0.512. The molecular formula is C23H17F3O4. The first-order valence-corrected chi connectivity index (χ1v) is 9.29. The maximum absolute atomic E-state index is 14.4. The van der Waals surface area contributed by atoms with E-state index in [1.807, 2.05) is 0 Å². The smallest absolute Gasteiger partial charge is 0.306 e. The Morgan fingerprint density at radius 3 is 2.47 bits per heavy atom. The summed E-state index contributed by atoms with van der Waals surface area (Å²) in [7, 11) is 0. The van der Waals surface area contributed by atoms with E-state index in [9.17, 15) is 18.0 Å². The average Bonchev–Trinajstić information content (AvgIpc) is 3.49. The molecule has 1 aliphatic rings. The highest BCUT2D eigenvalue weighted by Gasteiger charge is 2.43. The van der Waals surface area contributed by atoms with Crippen LogP contribution < -0.4 is 9.47 Å². The van der Waals surface area contributed by atoms with Crippen LogP contribution in [0.4, 0.5) is 13.2 Å². The molecule has 1 fully saturated rings. The molecule has 30 heavy (non-hydrogen) atoms. The highest BCUT2D eigenvalue weighted by Crippen LogP contribution is 2.39. The number of carbonyl (C=O) groups is 1. The quantitative estimate of drug-likeness (QED) is 0.542. The lowest BCUT2D eigenvalue weighted by molar-refractivity contribution is -0.138. The van der Waals surface area contributed by atoms with Crippen molar-refractivity contribution < 1.29 is 32.5 Å². The molecule has 0 heterocycles. The molecule has 154 valence electrons. The first-order valence-electron chi connectivity index (χ1n) is 9.29. The SMILES string of the molecule is O=C(O)[C@H]1CC1COc1ccc(-c2cc(Oc3cccc(F)c3)ccc2F)cc1F. The minimum absolute atomic E-state index is 0.0256. The molecular weight excluding hydrogens is 397 g/mol. The standard InChI is InChI=1S/C23H17F3O4/c24-15-2-1-3-16(10-15)30-17-5-6-20(25)18(11-17)13-4-7-22(21(26)9-13)29-12-14-8-19(14)23(27)28/h1-7,9-11,14,19H,8,12H2,(H,27,28)/t14?,19-/m0/s1. The maximum atomic E-state index is 14.4. The van der Waals surface area contributed by atoms with Gasteiger partial charge in [0, 0.05) is 17.5 Å². The Balaban J connectivity index is 1.50. The topological polar surface area (TPSA) is 55.8 Å². The molecule has 0 bridgehead atoms. The molecule has 3 aromatic carbocycles. The van der Waals surface area contributed by atoms with Crippen LogP contribution in [0.2, 0.25) is 0 Å². The molecule has 0 radical (unpaired) electrons. The van der Waals surface area contributed by atoms with Gasteiger partial charge in [-0.05, 0) is 54.4 Å². The third kappa shape index (κ3) is 4.40. The third-order valence-electron chi connectivity index (χ3n) is 4.91. The molecule has 1 unspecified atom stereocenters. The average molecular weight is 414 g/mol. The lowest BCUT2D eigenvalue weighted by atomic mass is 10.0. The Hall–Kier alpha value is -3.48.